The molecule has 0 aliphatic carbocycles. The van der Waals surface area contributed by atoms with Gasteiger partial charge < -0.3 is 70.2 Å². The number of aliphatic carboxylic acids is 1. The first-order chi connectivity index (χ1) is 46.1. The number of amides is 6. The van der Waals surface area contributed by atoms with Crippen molar-refractivity contribution < 1.29 is 101 Å². The Morgan fingerprint density at radius 1 is 0.296 bits per heavy atom. The van der Waals surface area contributed by atoms with E-state index in [1.807, 2.05) is 0 Å². The van der Waals surface area contributed by atoms with Crippen LogP contribution in [0.5, 0.6) is 0 Å². The highest BCUT2D eigenvalue weighted by atomic mass is 16.6. The van der Waals surface area contributed by atoms with Crippen molar-refractivity contribution in [2.45, 2.75) is 183 Å². The van der Waals surface area contributed by atoms with E-state index in [-0.39, 0.29) is 23.3 Å². The Bertz CT molecular complexity index is 3370. The summed E-state index contributed by atoms with van der Waals surface area (Å²) < 4.78 is 38.9. The second-order valence-electron chi connectivity index (χ2n) is 25.3. The predicted molar refractivity (Wildman–Crippen MR) is 352 cm³/mol. The third-order valence-electron chi connectivity index (χ3n) is 15.2. The zero-order chi connectivity index (χ0) is 73.2. The molecule has 12 atom stereocenters. The molecule has 4 rings (SSSR count). The van der Waals surface area contributed by atoms with Crippen LogP contribution < -0.4 is 31.9 Å². The van der Waals surface area contributed by atoms with Crippen molar-refractivity contribution in [2.75, 3.05) is 0 Å². The van der Waals surface area contributed by atoms with Gasteiger partial charge >= 0.3 is 47.9 Å². The number of nitrogens with one attached hydrogen (secondary N) is 6. The van der Waals surface area contributed by atoms with Gasteiger partial charge in [-0.3, -0.25) is 24.0 Å². The smallest absolute Gasteiger partial charge is 0.408 e. The number of esters is 6. The fourth-order valence-electron chi connectivity index (χ4n) is 9.28. The molecule has 0 saturated heterocycles. The van der Waals surface area contributed by atoms with Crippen LogP contribution in [-0.2, 0) is 97.3 Å². The topological polar surface area (TPSA) is 379 Å². The molecule has 7 N–H and O–H groups in total. The van der Waals surface area contributed by atoms with Crippen LogP contribution in [0.4, 0.5) is 4.79 Å². The molecule has 4 aromatic carbocycles. The normalized spacial score (nSPS) is 14.9. The summed E-state index contributed by atoms with van der Waals surface area (Å²) in [4.78, 5) is 178. The largest absolute Gasteiger partial charge is 0.479 e. The Morgan fingerprint density at radius 3 is 0.776 bits per heavy atom. The zero-order valence-electron chi connectivity index (χ0n) is 57.8. The molecule has 0 aromatic heterocycles. The lowest BCUT2D eigenvalue weighted by atomic mass is 10.0. The number of benzene rings is 4. The van der Waals surface area contributed by atoms with Crippen molar-refractivity contribution in [3.8, 4) is 0 Å². The molecule has 0 radical (unpaired) electrons. The number of rotatable bonds is 35. The summed E-state index contributed by atoms with van der Waals surface area (Å²) in [6, 6.07) is 23.6. The van der Waals surface area contributed by atoms with Crippen LogP contribution in [0.2, 0.25) is 0 Å². The molecular weight excluding hydrogens is 1270 g/mol. The summed E-state index contributed by atoms with van der Waals surface area (Å²) in [7, 11) is 0. The van der Waals surface area contributed by atoms with E-state index in [0.29, 0.717) is 5.56 Å². The maximum absolute atomic E-state index is 14.4. The molecule has 27 heteroatoms. The van der Waals surface area contributed by atoms with E-state index in [4.69, 9.17) is 33.2 Å². The van der Waals surface area contributed by atoms with Crippen LogP contribution in [0.3, 0.4) is 0 Å². The van der Waals surface area contributed by atoms with Gasteiger partial charge in [-0.1, -0.05) is 204 Å². The number of alkyl carbamates (subject to hydrolysis) is 1. The lowest BCUT2D eigenvalue weighted by Crippen LogP contribution is -2.53. The number of carboxylic acids is 1. The van der Waals surface area contributed by atoms with Crippen molar-refractivity contribution in [3.05, 3.63) is 144 Å². The van der Waals surface area contributed by atoms with E-state index in [1.165, 1.54) is 50.2 Å². The van der Waals surface area contributed by atoms with Gasteiger partial charge in [0.1, 0.15) is 42.9 Å². The molecule has 0 spiro atoms. The van der Waals surface area contributed by atoms with Gasteiger partial charge in [0.25, 0.3) is 29.5 Å². The van der Waals surface area contributed by atoms with Crippen LogP contribution in [0.1, 0.15) is 144 Å². The number of ether oxygens (including phenoxy) is 7. The molecule has 0 unspecified atom stereocenters. The molecule has 0 heterocycles. The van der Waals surface area contributed by atoms with Gasteiger partial charge in [-0.05, 0) is 61.8 Å². The van der Waals surface area contributed by atoms with Gasteiger partial charge in [-0.25, -0.2) is 38.4 Å². The Labute approximate surface area is 570 Å². The maximum Gasteiger partial charge on any atom is 0.408 e. The Morgan fingerprint density at radius 2 is 0.520 bits per heavy atom. The minimum absolute atomic E-state index is 0.0845. The Hall–Kier alpha value is -10.2. The quantitative estimate of drug-likeness (QED) is 0.0194. The van der Waals surface area contributed by atoms with E-state index >= 15 is 0 Å². The second kappa shape index (κ2) is 38.5. The maximum atomic E-state index is 14.4. The number of hydrogen-bond donors (Lipinski definition) is 7. The monoisotopic (exact) mass is 1360 g/mol. The van der Waals surface area contributed by atoms with E-state index in [2.05, 4.69) is 31.9 Å². The first-order valence-corrected chi connectivity index (χ1v) is 32.2. The summed E-state index contributed by atoms with van der Waals surface area (Å²) in [6.07, 6.45) is -10.8. The van der Waals surface area contributed by atoms with Crippen molar-refractivity contribution in [3.63, 3.8) is 0 Å². The molecule has 0 saturated carbocycles. The zero-order valence-corrected chi connectivity index (χ0v) is 57.8. The third-order valence-corrected chi connectivity index (χ3v) is 15.2. The molecule has 98 heavy (non-hydrogen) atoms. The molecule has 4 aromatic rings. The fourth-order valence-corrected chi connectivity index (χ4v) is 9.28. The summed E-state index contributed by atoms with van der Waals surface area (Å²) >= 11 is 0. The van der Waals surface area contributed by atoms with Gasteiger partial charge in [-0.2, -0.15) is 0 Å². The van der Waals surface area contributed by atoms with E-state index in [9.17, 15) is 67.4 Å². The minimum Gasteiger partial charge on any atom is -0.479 e. The van der Waals surface area contributed by atoms with Crippen molar-refractivity contribution in [1.82, 2.24) is 31.9 Å². The lowest BCUT2D eigenvalue weighted by Gasteiger charge is -2.29. The molecule has 532 valence electrons. The Balaban J connectivity index is 1.45. The standard InChI is InChI=1S/C71H92N6O21/c1-37(2)50(65(85)93-43(13)59(78)73-54(41(9)10)69(89)97-57(48-32-24-18-25-33-48)62(81)76-52(39(5)6)67(87)95-45(15)64(83)84)74-61(80)56(47-30-22-17-23-31-47)96-68(88)53(40(7)8)72-60(79)44(14)94-66(86)51(38(3)4)75-63(82)58(49-34-26-19-27-35-49)98-70(90)55(42(11)12)77-71(91)92-36-46-28-20-16-21-29-46/h16-35,37-45,50-58H,36H2,1-15H3,(H,72,79)(H,73,78)(H,74,80)(H,75,82)(H,76,81)(H,77,91)(H,83,84)/t43-,44-,45-,50+,51+,52+,53-,54-,55-,56+,57+,58+/m0/s1. The highest BCUT2D eigenvalue weighted by Crippen LogP contribution is 2.26. The highest BCUT2D eigenvalue weighted by molar-refractivity contribution is 5.96. The Kier molecular flexibility index (Phi) is 31.5. The van der Waals surface area contributed by atoms with Crippen molar-refractivity contribution >= 4 is 77.4 Å². The molecule has 27 nitrogen and oxygen atoms in total. The molecule has 0 bridgehead atoms. The van der Waals surface area contributed by atoms with Crippen molar-refractivity contribution in [1.29, 1.82) is 0 Å². The van der Waals surface area contributed by atoms with Gasteiger partial charge in [0.15, 0.2) is 18.3 Å². The fraction of sp³-hybridized carbons (Fsp3) is 0.479. The van der Waals surface area contributed by atoms with Crippen LogP contribution >= 0.6 is 0 Å². The molecule has 0 aliphatic heterocycles. The van der Waals surface area contributed by atoms with Gasteiger partial charge in [0.05, 0.1) is 0 Å². The number of carbonyl (C=O) groups excluding carboxylic acids is 12. The third kappa shape index (κ3) is 24.5. The summed E-state index contributed by atoms with van der Waals surface area (Å²) in [5.41, 5.74) is 1.21. The van der Waals surface area contributed by atoms with Gasteiger partial charge in [0.2, 0.25) is 18.3 Å². The number of carbonyl (C=O) groups is 13. The van der Waals surface area contributed by atoms with E-state index in [0.717, 1.165) is 6.92 Å². The number of carboxylic acid groups (broad SMARTS) is 1. The van der Waals surface area contributed by atoms with Crippen LogP contribution in [0, 0.1) is 35.5 Å². The summed E-state index contributed by atoms with van der Waals surface area (Å²) in [5.74, 6) is -16.8. The summed E-state index contributed by atoms with van der Waals surface area (Å²) in [6.45, 7) is 22.4. The molecule has 6 amide bonds. The molecular formula is C71H92N6O21. The van der Waals surface area contributed by atoms with Gasteiger partial charge in [0, 0.05) is 16.7 Å². The molecule has 0 fully saturated rings. The van der Waals surface area contributed by atoms with Gasteiger partial charge in [-0.15, -0.1) is 0 Å². The average Bonchev–Trinajstić information content (AvgIpc) is 0.850. The average molecular weight is 1370 g/mol. The van der Waals surface area contributed by atoms with Crippen LogP contribution in [0.25, 0.3) is 0 Å². The van der Waals surface area contributed by atoms with E-state index in [1.54, 1.807) is 168 Å². The van der Waals surface area contributed by atoms with E-state index < -0.39 is 186 Å². The van der Waals surface area contributed by atoms with Crippen molar-refractivity contribution in [2.24, 2.45) is 35.5 Å². The first-order valence-electron chi connectivity index (χ1n) is 32.2. The second-order valence-corrected chi connectivity index (χ2v) is 25.3. The lowest BCUT2D eigenvalue weighted by molar-refractivity contribution is -0.167. The predicted octanol–water partition coefficient (Wildman–Crippen LogP) is 6.37. The first kappa shape index (κ1) is 80.2. The van der Waals surface area contributed by atoms with Crippen LogP contribution in [0.15, 0.2) is 121 Å². The molecule has 0 aliphatic rings. The SMILES string of the molecule is CC(C)[C@H](NC(=O)OCc1ccccc1)C(=O)O[C@@H](C(=O)N[C@@H](C(=O)O[C@@H](C)C(=O)N[C@H](C(=O)O[C@@H](C(=O)N[C@@H](C(=O)O[C@@H](C)C(=O)N[C@H](C(=O)O[C@@H](C(=O)N[C@@H](C(=O)O[C@@H](C)C(=O)O)C(C)C)c1ccccc1)C(C)C)C(C)C)c1ccccc1)C(C)C)C(C)C)c1ccccc1. The minimum atomic E-state index is -1.78. The number of hydrogen-bond acceptors (Lipinski definition) is 20. The summed E-state index contributed by atoms with van der Waals surface area (Å²) in [5, 5.41) is 24.4. The van der Waals surface area contributed by atoms with Crippen LogP contribution in [-0.4, -0.2) is 137 Å². The highest BCUT2D eigenvalue weighted by Gasteiger charge is 2.41.